The van der Waals surface area contributed by atoms with Crippen LogP contribution in [0.1, 0.15) is 36.2 Å². The Bertz CT molecular complexity index is 1200. The molecule has 1 N–H and O–H groups in total. The molecule has 1 aromatic carbocycles. The van der Waals surface area contributed by atoms with Gasteiger partial charge in [0.2, 0.25) is 11.8 Å². The molecule has 1 aliphatic rings. The summed E-state index contributed by atoms with van der Waals surface area (Å²) in [7, 11) is 0. The van der Waals surface area contributed by atoms with E-state index >= 15 is 0 Å². The van der Waals surface area contributed by atoms with Gasteiger partial charge in [0.05, 0.1) is 23.5 Å². The van der Waals surface area contributed by atoms with Gasteiger partial charge in [0.25, 0.3) is 6.43 Å². The highest BCUT2D eigenvalue weighted by Crippen LogP contribution is 2.40. The van der Waals surface area contributed by atoms with Crippen molar-refractivity contribution in [3.8, 4) is 11.1 Å². The zero-order chi connectivity index (χ0) is 23.0. The molecule has 9 heteroatoms. The zero-order valence-corrected chi connectivity index (χ0v) is 17.3. The first kappa shape index (κ1) is 21.5. The third kappa shape index (κ3) is 4.05. The summed E-state index contributed by atoms with van der Waals surface area (Å²) in [6.07, 6.45) is -0.0245. The standard InChI is InChI=1S/C23H19F3N4O2/c1-12-7-19-18(10-27-12)17-8-15(24)9-28-21(17)13(2)23(32)30(19)11-20(31)29-16-5-3-14(4-6-16)22(25)26/h3-10,13,22H,11H2,1-2H3,(H,29,31)/t13-/m0/s1. The lowest BCUT2D eigenvalue weighted by atomic mass is 9.98. The van der Waals surface area contributed by atoms with Crippen molar-refractivity contribution in [1.82, 2.24) is 9.97 Å². The molecule has 0 aliphatic carbocycles. The molecule has 4 rings (SSSR count). The van der Waals surface area contributed by atoms with E-state index in [1.807, 2.05) is 0 Å². The van der Waals surface area contributed by atoms with Crippen molar-refractivity contribution < 1.29 is 22.8 Å². The first-order valence-corrected chi connectivity index (χ1v) is 9.86. The number of amides is 2. The summed E-state index contributed by atoms with van der Waals surface area (Å²) >= 11 is 0. The highest BCUT2D eigenvalue weighted by Gasteiger charge is 2.34. The van der Waals surface area contributed by atoms with Gasteiger partial charge >= 0.3 is 0 Å². The van der Waals surface area contributed by atoms with Crippen LogP contribution in [-0.2, 0) is 9.59 Å². The van der Waals surface area contributed by atoms with Crippen molar-refractivity contribution >= 4 is 23.2 Å². The fourth-order valence-corrected chi connectivity index (χ4v) is 3.68. The molecular formula is C23H19F3N4O2. The number of carbonyl (C=O) groups is 2. The molecular weight excluding hydrogens is 421 g/mol. The fourth-order valence-electron chi connectivity index (χ4n) is 3.68. The zero-order valence-electron chi connectivity index (χ0n) is 17.3. The summed E-state index contributed by atoms with van der Waals surface area (Å²) in [6.45, 7) is 3.06. The Morgan fingerprint density at radius 2 is 1.84 bits per heavy atom. The molecule has 0 unspecified atom stereocenters. The molecule has 3 heterocycles. The average molecular weight is 440 g/mol. The van der Waals surface area contributed by atoms with Crippen molar-refractivity contribution in [1.29, 1.82) is 0 Å². The second-order valence-corrected chi connectivity index (χ2v) is 7.55. The minimum Gasteiger partial charge on any atom is -0.325 e. The second kappa shape index (κ2) is 8.41. The number of anilines is 2. The third-order valence-electron chi connectivity index (χ3n) is 5.28. The first-order valence-electron chi connectivity index (χ1n) is 9.86. The van der Waals surface area contributed by atoms with Gasteiger partial charge in [0.15, 0.2) is 0 Å². The monoisotopic (exact) mass is 440 g/mol. The number of hydrogen-bond acceptors (Lipinski definition) is 4. The topological polar surface area (TPSA) is 75.2 Å². The lowest BCUT2D eigenvalue weighted by molar-refractivity contribution is -0.122. The van der Waals surface area contributed by atoms with Crippen LogP contribution in [0.2, 0.25) is 0 Å². The van der Waals surface area contributed by atoms with E-state index in [0.29, 0.717) is 33.9 Å². The van der Waals surface area contributed by atoms with Crippen LogP contribution in [-0.4, -0.2) is 28.3 Å². The predicted octanol–water partition coefficient (Wildman–Crippen LogP) is 4.62. The molecule has 0 spiro atoms. The van der Waals surface area contributed by atoms with Crippen LogP contribution in [0.5, 0.6) is 0 Å². The van der Waals surface area contributed by atoms with Crippen LogP contribution in [0, 0.1) is 12.7 Å². The number of carbonyl (C=O) groups excluding carboxylic acids is 2. The predicted molar refractivity (Wildman–Crippen MR) is 113 cm³/mol. The van der Waals surface area contributed by atoms with Crippen molar-refractivity contribution in [2.45, 2.75) is 26.2 Å². The molecule has 2 amide bonds. The maximum Gasteiger partial charge on any atom is 0.263 e. The molecule has 3 aromatic rings. The molecule has 0 bridgehead atoms. The highest BCUT2D eigenvalue weighted by atomic mass is 19.3. The smallest absolute Gasteiger partial charge is 0.263 e. The van der Waals surface area contributed by atoms with E-state index < -0.39 is 24.1 Å². The molecule has 0 fully saturated rings. The van der Waals surface area contributed by atoms with Gasteiger partial charge in [-0.2, -0.15) is 0 Å². The van der Waals surface area contributed by atoms with E-state index in [9.17, 15) is 22.8 Å². The average Bonchev–Trinajstić information content (AvgIpc) is 2.83. The number of alkyl halides is 2. The van der Waals surface area contributed by atoms with Crippen LogP contribution >= 0.6 is 0 Å². The SMILES string of the molecule is Cc1cc2c(cn1)-c1cc(F)cnc1[C@H](C)C(=O)N2CC(=O)Nc1ccc(C(F)F)cc1. The summed E-state index contributed by atoms with van der Waals surface area (Å²) in [5.41, 5.74) is 2.53. The quantitative estimate of drug-likeness (QED) is 0.643. The summed E-state index contributed by atoms with van der Waals surface area (Å²) in [6, 6.07) is 8.15. The maximum atomic E-state index is 14.0. The Morgan fingerprint density at radius 1 is 1.12 bits per heavy atom. The molecule has 1 aliphatic heterocycles. The van der Waals surface area contributed by atoms with E-state index in [0.717, 1.165) is 6.20 Å². The molecule has 2 aromatic heterocycles. The van der Waals surface area contributed by atoms with Crippen molar-refractivity contribution in [2.75, 3.05) is 16.8 Å². The Morgan fingerprint density at radius 3 is 2.53 bits per heavy atom. The lowest BCUT2D eigenvalue weighted by Crippen LogP contribution is -2.40. The molecule has 0 saturated carbocycles. The number of aryl methyl sites for hydroxylation is 1. The van der Waals surface area contributed by atoms with E-state index in [1.165, 1.54) is 41.4 Å². The Kier molecular flexibility index (Phi) is 5.65. The molecule has 1 atom stereocenters. The molecule has 0 radical (unpaired) electrons. The van der Waals surface area contributed by atoms with Gasteiger partial charge in [0.1, 0.15) is 12.4 Å². The van der Waals surface area contributed by atoms with Gasteiger partial charge in [-0.15, -0.1) is 0 Å². The Labute approximate surface area is 182 Å². The third-order valence-corrected chi connectivity index (χ3v) is 5.28. The van der Waals surface area contributed by atoms with Crippen LogP contribution in [0.15, 0.2) is 48.8 Å². The number of halogens is 3. The summed E-state index contributed by atoms with van der Waals surface area (Å²) in [5.74, 6) is -2.16. The number of pyridine rings is 2. The number of rotatable bonds is 4. The number of nitrogens with zero attached hydrogens (tertiary/aromatic N) is 3. The van der Waals surface area contributed by atoms with E-state index in [4.69, 9.17) is 0 Å². The molecule has 6 nitrogen and oxygen atoms in total. The summed E-state index contributed by atoms with van der Waals surface area (Å²) < 4.78 is 39.4. The van der Waals surface area contributed by atoms with Crippen LogP contribution < -0.4 is 10.2 Å². The number of nitrogens with one attached hydrogen (secondary N) is 1. The first-order chi connectivity index (χ1) is 15.2. The largest absolute Gasteiger partial charge is 0.325 e. The molecule has 164 valence electrons. The summed E-state index contributed by atoms with van der Waals surface area (Å²) in [4.78, 5) is 35.7. The minimum atomic E-state index is -2.61. The number of hydrogen-bond donors (Lipinski definition) is 1. The van der Waals surface area contributed by atoms with Gasteiger partial charge in [-0.25, -0.2) is 13.2 Å². The normalized spacial score (nSPS) is 15.2. The fraction of sp³-hybridized carbons (Fsp3) is 0.217. The van der Waals surface area contributed by atoms with Gasteiger partial charge in [-0.3, -0.25) is 19.6 Å². The lowest BCUT2D eigenvalue weighted by Gasteiger charge is -2.24. The van der Waals surface area contributed by atoms with Crippen LogP contribution in [0.4, 0.5) is 24.5 Å². The van der Waals surface area contributed by atoms with E-state index in [-0.39, 0.29) is 18.0 Å². The van der Waals surface area contributed by atoms with Gasteiger partial charge in [0, 0.05) is 34.3 Å². The van der Waals surface area contributed by atoms with Gasteiger partial charge in [-0.1, -0.05) is 12.1 Å². The van der Waals surface area contributed by atoms with Crippen molar-refractivity contribution in [2.24, 2.45) is 0 Å². The van der Waals surface area contributed by atoms with Crippen LogP contribution in [0.3, 0.4) is 0 Å². The second-order valence-electron chi connectivity index (χ2n) is 7.55. The maximum absolute atomic E-state index is 14.0. The van der Waals surface area contributed by atoms with Gasteiger partial charge in [-0.05, 0) is 38.1 Å². The minimum absolute atomic E-state index is 0.158. The summed E-state index contributed by atoms with van der Waals surface area (Å²) in [5, 5.41) is 2.62. The molecule has 0 saturated heterocycles. The Hall–Kier alpha value is -3.75. The van der Waals surface area contributed by atoms with Crippen LogP contribution in [0.25, 0.3) is 11.1 Å². The van der Waals surface area contributed by atoms with Crippen molar-refractivity contribution in [3.05, 3.63) is 71.6 Å². The Balaban J connectivity index is 1.67. The molecule has 32 heavy (non-hydrogen) atoms. The van der Waals surface area contributed by atoms with E-state index in [2.05, 4.69) is 15.3 Å². The highest BCUT2D eigenvalue weighted by molar-refractivity contribution is 6.09. The van der Waals surface area contributed by atoms with Gasteiger partial charge < -0.3 is 10.2 Å². The van der Waals surface area contributed by atoms with Crippen molar-refractivity contribution in [3.63, 3.8) is 0 Å². The van der Waals surface area contributed by atoms with E-state index in [1.54, 1.807) is 19.9 Å². The number of benzene rings is 1. The number of fused-ring (bicyclic) bond motifs is 3. The number of aromatic nitrogens is 2.